The van der Waals surface area contributed by atoms with Gasteiger partial charge in [-0.2, -0.15) is 0 Å². The molecule has 2 unspecified atom stereocenters. The maximum atomic E-state index is 12.9. The van der Waals surface area contributed by atoms with Gasteiger partial charge in [-0.1, -0.05) is 12.1 Å². The van der Waals surface area contributed by atoms with Gasteiger partial charge in [0.2, 0.25) is 5.91 Å². The Balaban J connectivity index is 1.54. The van der Waals surface area contributed by atoms with Crippen LogP contribution in [0.3, 0.4) is 0 Å². The summed E-state index contributed by atoms with van der Waals surface area (Å²) < 4.78 is 25.6. The zero-order valence-electron chi connectivity index (χ0n) is 13.6. The first-order chi connectivity index (χ1) is 11.4. The molecule has 0 saturated carbocycles. The average molecular weight is 347 g/mol. The first-order valence-corrected chi connectivity index (χ1v) is 10.3. The molecule has 1 aromatic heterocycles. The van der Waals surface area contributed by atoms with Crippen LogP contribution >= 0.6 is 0 Å². The second-order valence-corrected chi connectivity index (χ2v) is 9.30. The first-order valence-electron chi connectivity index (χ1n) is 8.33. The second-order valence-electron chi connectivity index (χ2n) is 6.97. The number of sulfone groups is 1. The summed E-state index contributed by atoms with van der Waals surface area (Å²) in [4.78, 5) is 19.1. The number of piperidine rings is 1. The molecule has 1 aromatic carbocycles. The summed E-state index contributed by atoms with van der Waals surface area (Å²) in [6.07, 6.45) is 5.98. The number of rotatable bonds is 3. The van der Waals surface area contributed by atoms with E-state index in [1.165, 1.54) is 6.26 Å². The van der Waals surface area contributed by atoms with Crippen LogP contribution in [0.25, 0.3) is 11.0 Å². The van der Waals surface area contributed by atoms with Crippen molar-refractivity contribution in [3.05, 3.63) is 30.6 Å². The highest BCUT2D eigenvalue weighted by Gasteiger charge is 2.45. The van der Waals surface area contributed by atoms with Crippen LogP contribution in [0.15, 0.2) is 30.6 Å². The molecule has 2 aliphatic rings. The van der Waals surface area contributed by atoms with Gasteiger partial charge in [-0.15, -0.1) is 0 Å². The first kappa shape index (κ1) is 15.6. The van der Waals surface area contributed by atoms with E-state index in [1.807, 2.05) is 33.7 Å². The smallest absolute Gasteiger partial charge is 0.243 e. The number of fused-ring (bicyclic) bond motifs is 3. The number of carbonyl (C=O) groups is 1. The van der Waals surface area contributed by atoms with Gasteiger partial charge in [0, 0.05) is 18.3 Å². The SMILES string of the molecule is CS(=O)(=O)C1CC2CCC(C1)N2C(=O)Cn1cnc2ccccc21. The van der Waals surface area contributed by atoms with Crippen molar-refractivity contribution in [2.45, 2.75) is 49.6 Å². The number of carbonyl (C=O) groups excluding carboxylic acids is 1. The summed E-state index contributed by atoms with van der Waals surface area (Å²) >= 11 is 0. The molecule has 0 aliphatic carbocycles. The molecule has 24 heavy (non-hydrogen) atoms. The predicted octanol–water partition coefficient (Wildman–Crippen LogP) is 1.60. The molecule has 3 heterocycles. The Bertz CT molecular complexity index is 875. The van der Waals surface area contributed by atoms with E-state index in [-0.39, 0.29) is 29.8 Å². The predicted molar refractivity (Wildman–Crippen MR) is 91.3 cm³/mol. The average Bonchev–Trinajstić information content (AvgIpc) is 3.05. The van der Waals surface area contributed by atoms with Gasteiger partial charge in [-0.05, 0) is 37.8 Å². The molecule has 0 radical (unpaired) electrons. The maximum Gasteiger partial charge on any atom is 0.243 e. The standard InChI is InChI=1S/C17H21N3O3S/c1-24(22,23)14-8-12-6-7-13(9-14)20(12)17(21)10-19-11-18-15-4-2-3-5-16(15)19/h2-5,11-14H,6-10H2,1H3. The zero-order valence-corrected chi connectivity index (χ0v) is 14.4. The highest BCUT2D eigenvalue weighted by molar-refractivity contribution is 7.91. The summed E-state index contributed by atoms with van der Waals surface area (Å²) in [6.45, 7) is 0.261. The number of hydrogen-bond donors (Lipinski definition) is 0. The number of nitrogens with zero attached hydrogens (tertiary/aromatic N) is 3. The molecular weight excluding hydrogens is 326 g/mol. The Morgan fingerprint density at radius 2 is 1.88 bits per heavy atom. The summed E-state index contributed by atoms with van der Waals surface area (Å²) in [5.74, 6) is 0.0672. The minimum absolute atomic E-state index is 0.0609. The van der Waals surface area contributed by atoms with Gasteiger partial charge in [0.05, 0.1) is 22.6 Å². The van der Waals surface area contributed by atoms with Gasteiger partial charge in [0.15, 0.2) is 0 Å². The second kappa shape index (κ2) is 5.58. The van der Waals surface area contributed by atoms with Gasteiger partial charge < -0.3 is 9.47 Å². The minimum Gasteiger partial charge on any atom is -0.335 e. The maximum absolute atomic E-state index is 12.9. The molecule has 4 rings (SSSR count). The van der Waals surface area contributed by atoms with Crippen molar-refractivity contribution < 1.29 is 13.2 Å². The Kier molecular flexibility index (Phi) is 3.63. The fourth-order valence-electron chi connectivity index (χ4n) is 4.25. The number of amides is 1. The largest absolute Gasteiger partial charge is 0.335 e. The van der Waals surface area contributed by atoms with Crippen LogP contribution in [0.2, 0.25) is 0 Å². The monoisotopic (exact) mass is 347 g/mol. The summed E-state index contributed by atoms with van der Waals surface area (Å²) in [7, 11) is -3.03. The van der Waals surface area contributed by atoms with E-state index < -0.39 is 9.84 Å². The van der Waals surface area contributed by atoms with Crippen molar-refractivity contribution in [3.63, 3.8) is 0 Å². The molecule has 6 nitrogen and oxygen atoms in total. The van der Waals surface area contributed by atoms with Crippen LogP contribution in [-0.2, 0) is 21.2 Å². The Morgan fingerprint density at radius 3 is 2.54 bits per heavy atom. The molecular formula is C17H21N3O3S. The highest BCUT2D eigenvalue weighted by Crippen LogP contribution is 2.38. The van der Waals surface area contributed by atoms with Crippen molar-refractivity contribution in [2.24, 2.45) is 0 Å². The van der Waals surface area contributed by atoms with Crippen LogP contribution in [-0.4, -0.2) is 52.4 Å². The molecule has 2 saturated heterocycles. The van der Waals surface area contributed by atoms with Crippen LogP contribution in [0.1, 0.15) is 25.7 Å². The number of aromatic nitrogens is 2. The lowest BCUT2D eigenvalue weighted by Crippen LogP contribution is -2.50. The third-order valence-corrected chi connectivity index (χ3v) is 7.01. The Hall–Kier alpha value is -1.89. The van der Waals surface area contributed by atoms with Crippen molar-refractivity contribution in [1.82, 2.24) is 14.5 Å². The minimum atomic E-state index is -3.03. The summed E-state index contributed by atoms with van der Waals surface area (Å²) in [5.41, 5.74) is 1.83. The number of benzene rings is 1. The molecule has 0 spiro atoms. The fraction of sp³-hybridized carbons (Fsp3) is 0.529. The van der Waals surface area contributed by atoms with E-state index in [9.17, 15) is 13.2 Å². The van der Waals surface area contributed by atoms with Crippen molar-refractivity contribution >= 4 is 26.8 Å². The van der Waals surface area contributed by atoms with Gasteiger partial charge in [0.25, 0.3) is 0 Å². The number of hydrogen-bond acceptors (Lipinski definition) is 4. The Labute approximate surface area is 141 Å². The quantitative estimate of drug-likeness (QED) is 0.845. The summed E-state index contributed by atoms with van der Waals surface area (Å²) in [6, 6.07) is 7.87. The zero-order chi connectivity index (χ0) is 16.9. The highest BCUT2D eigenvalue weighted by atomic mass is 32.2. The van der Waals surface area contributed by atoms with Gasteiger partial charge >= 0.3 is 0 Å². The van der Waals surface area contributed by atoms with Crippen LogP contribution in [0.4, 0.5) is 0 Å². The van der Waals surface area contributed by atoms with E-state index in [4.69, 9.17) is 0 Å². The van der Waals surface area contributed by atoms with E-state index in [1.54, 1.807) is 6.33 Å². The number of para-hydroxylation sites is 2. The van der Waals surface area contributed by atoms with Crippen LogP contribution in [0, 0.1) is 0 Å². The molecule has 128 valence electrons. The lowest BCUT2D eigenvalue weighted by molar-refractivity contribution is -0.136. The normalized spacial score (nSPS) is 26.9. The third kappa shape index (κ3) is 2.60. The molecule has 7 heteroatoms. The molecule has 2 aliphatic heterocycles. The Morgan fingerprint density at radius 1 is 1.21 bits per heavy atom. The van der Waals surface area contributed by atoms with Gasteiger partial charge in [0.1, 0.15) is 16.4 Å². The summed E-state index contributed by atoms with van der Waals surface area (Å²) in [5, 5.41) is -0.298. The van der Waals surface area contributed by atoms with E-state index in [0.29, 0.717) is 12.8 Å². The van der Waals surface area contributed by atoms with Crippen molar-refractivity contribution in [2.75, 3.05) is 6.26 Å². The topological polar surface area (TPSA) is 72.3 Å². The van der Waals surface area contributed by atoms with Crippen molar-refractivity contribution in [1.29, 1.82) is 0 Å². The van der Waals surface area contributed by atoms with Crippen molar-refractivity contribution in [3.8, 4) is 0 Å². The van der Waals surface area contributed by atoms with Crippen LogP contribution in [0.5, 0.6) is 0 Å². The third-order valence-electron chi connectivity index (χ3n) is 5.42. The lowest BCUT2D eigenvalue weighted by Gasteiger charge is -2.38. The van der Waals surface area contributed by atoms with Gasteiger partial charge in [-0.25, -0.2) is 13.4 Å². The van der Waals surface area contributed by atoms with Gasteiger partial charge in [-0.3, -0.25) is 4.79 Å². The van der Waals surface area contributed by atoms with E-state index in [0.717, 1.165) is 23.9 Å². The molecule has 2 aromatic rings. The molecule has 2 atom stereocenters. The lowest BCUT2D eigenvalue weighted by atomic mass is 10.0. The molecule has 0 N–H and O–H groups in total. The number of imidazole rings is 1. The van der Waals surface area contributed by atoms with E-state index in [2.05, 4.69) is 4.98 Å². The van der Waals surface area contributed by atoms with E-state index >= 15 is 0 Å². The molecule has 1 amide bonds. The molecule has 2 fully saturated rings. The fourth-order valence-corrected chi connectivity index (χ4v) is 5.39. The van der Waals surface area contributed by atoms with Crippen LogP contribution < -0.4 is 0 Å². The molecule has 2 bridgehead atoms.